The van der Waals surface area contributed by atoms with Gasteiger partial charge in [0.15, 0.2) is 11.8 Å². The summed E-state index contributed by atoms with van der Waals surface area (Å²) in [6.45, 7) is 3.99. The number of H-pyrrole nitrogens is 1. The molecule has 4 rings (SSSR count). The maximum atomic E-state index is 15.0. The molecule has 2 aromatic heterocycles. The Balaban J connectivity index is 0.00000155. The van der Waals surface area contributed by atoms with E-state index in [1.165, 1.54) is 4.57 Å². The van der Waals surface area contributed by atoms with Crippen LogP contribution < -0.4 is 28.2 Å². The molecule has 2 aromatic carbocycles. The first kappa shape index (κ1) is 33.1. The molecule has 1 unspecified atom stereocenters. The number of aromatic nitrogens is 3. The summed E-state index contributed by atoms with van der Waals surface area (Å²) < 4.78 is 16.5. The van der Waals surface area contributed by atoms with Crippen molar-refractivity contribution in [2.24, 2.45) is 22.2 Å². The van der Waals surface area contributed by atoms with Crippen LogP contribution in [-0.4, -0.2) is 52.1 Å². The number of hydrogen-bond donors (Lipinski definition) is 5. The van der Waals surface area contributed by atoms with Crippen molar-refractivity contribution >= 4 is 40.4 Å². The highest BCUT2D eigenvalue weighted by molar-refractivity contribution is 7.97. The number of rotatable bonds is 12. The van der Waals surface area contributed by atoms with Crippen LogP contribution in [0.25, 0.3) is 28.0 Å². The van der Waals surface area contributed by atoms with E-state index in [1.54, 1.807) is 36.2 Å². The van der Waals surface area contributed by atoms with Gasteiger partial charge in [-0.25, -0.2) is 9.18 Å². The predicted octanol–water partition coefficient (Wildman–Crippen LogP) is 4.58. The SMILES string of the molecule is CC(N)CCCc1cc(Cl)c(F)c(-c2cc3cn(-c4ccc(CNCCCN=C(N)N)cc4)c(=O)nc3[nH]2)c1.CSC. The standard InChI is InChI=1S/C28H34ClFN8O.C2H6S/c1-17(31)4-2-5-19-12-22(25(30)23(29)13-19)24-14-20-16-38(28(39)37-26(20)36-24)21-8-6-18(7-9-21)15-34-10-3-11-35-27(32)33;1-3-2/h6-9,12-14,16-17,34H,2-5,10-11,15,31H2,1H3,(H4,32,33,35)(H,36,37,39);1-2H3. The lowest BCUT2D eigenvalue weighted by Crippen LogP contribution is -2.23. The van der Waals surface area contributed by atoms with E-state index in [0.717, 1.165) is 43.4 Å². The Morgan fingerprint density at radius 3 is 2.55 bits per heavy atom. The number of aliphatic imine (C=N–C) groups is 1. The van der Waals surface area contributed by atoms with Gasteiger partial charge in [0, 0.05) is 36.3 Å². The Morgan fingerprint density at radius 2 is 1.88 bits per heavy atom. The third-order valence-corrected chi connectivity index (χ3v) is 6.64. The van der Waals surface area contributed by atoms with E-state index in [9.17, 15) is 4.79 Å². The van der Waals surface area contributed by atoms with Gasteiger partial charge in [-0.05, 0) is 93.1 Å². The van der Waals surface area contributed by atoms with Gasteiger partial charge in [-0.2, -0.15) is 16.7 Å². The van der Waals surface area contributed by atoms with Crippen LogP contribution in [0.2, 0.25) is 5.02 Å². The number of guanidine groups is 1. The van der Waals surface area contributed by atoms with Crippen molar-refractivity contribution in [3.8, 4) is 16.9 Å². The van der Waals surface area contributed by atoms with Gasteiger partial charge in [0.2, 0.25) is 0 Å². The Bertz CT molecular complexity index is 1530. The minimum Gasteiger partial charge on any atom is -0.370 e. The van der Waals surface area contributed by atoms with Gasteiger partial charge in [-0.1, -0.05) is 23.7 Å². The quantitative estimate of drug-likeness (QED) is 0.0889. The van der Waals surface area contributed by atoms with E-state index >= 15 is 4.39 Å². The lowest BCUT2D eigenvalue weighted by molar-refractivity contribution is 0.618. The van der Waals surface area contributed by atoms with Crippen LogP contribution >= 0.6 is 23.4 Å². The van der Waals surface area contributed by atoms with Crippen molar-refractivity contribution in [2.45, 2.75) is 45.2 Å². The molecule has 0 aliphatic rings. The van der Waals surface area contributed by atoms with Crippen molar-refractivity contribution in [3.63, 3.8) is 0 Å². The summed E-state index contributed by atoms with van der Waals surface area (Å²) in [4.78, 5) is 24.0. The molecule has 42 heavy (non-hydrogen) atoms. The molecule has 0 saturated carbocycles. The lowest BCUT2D eigenvalue weighted by Gasteiger charge is -2.09. The topological polar surface area (TPSA) is 153 Å². The van der Waals surface area contributed by atoms with Crippen molar-refractivity contribution in [3.05, 3.63) is 81.1 Å². The van der Waals surface area contributed by atoms with Gasteiger partial charge in [0.05, 0.1) is 16.4 Å². The first-order valence-corrected chi connectivity index (χ1v) is 15.8. The predicted molar refractivity (Wildman–Crippen MR) is 175 cm³/mol. The molecule has 0 aliphatic carbocycles. The first-order chi connectivity index (χ1) is 20.1. The number of fused-ring (bicyclic) bond motifs is 1. The number of nitrogens with zero attached hydrogens (tertiary/aromatic N) is 3. The normalized spacial score (nSPS) is 11.7. The van der Waals surface area contributed by atoms with Gasteiger partial charge in [-0.3, -0.25) is 9.56 Å². The maximum Gasteiger partial charge on any atom is 0.354 e. The number of aryl methyl sites for hydroxylation is 1. The third-order valence-electron chi connectivity index (χ3n) is 6.36. The van der Waals surface area contributed by atoms with Crippen molar-refractivity contribution in [1.82, 2.24) is 19.9 Å². The summed E-state index contributed by atoms with van der Waals surface area (Å²) in [6.07, 6.45) is 9.09. The van der Waals surface area contributed by atoms with Crippen LogP contribution in [0.1, 0.15) is 37.3 Å². The molecule has 2 heterocycles. The Morgan fingerprint density at radius 1 is 1.17 bits per heavy atom. The molecule has 9 nitrogen and oxygen atoms in total. The Labute approximate surface area is 255 Å². The molecular weight excluding hydrogens is 575 g/mol. The number of nitrogens with two attached hydrogens (primary N) is 3. The van der Waals surface area contributed by atoms with E-state index in [-0.39, 0.29) is 17.0 Å². The van der Waals surface area contributed by atoms with Crippen LogP contribution in [-0.2, 0) is 13.0 Å². The second-order valence-electron chi connectivity index (χ2n) is 10.1. The molecule has 0 bridgehead atoms. The molecule has 0 radical (unpaired) electrons. The highest BCUT2D eigenvalue weighted by Gasteiger charge is 2.15. The van der Waals surface area contributed by atoms with Crippen LogP contribution in [0.5, 0.6) is 0 Å². The van der Waals surface area contributed by atoms with Gasteiger partial charge in [-0.15, -0.1) is 0 Å². The summed E-state index contributed by atoms with van der Waals surface area (Å²) in [5, 5.41) is 4.06. The maximum absolute atomic E-state index is 15.0. The number of aromatic amines is 1. The smallest absolute Gasteiger partial charge is 0.354 e. The fraction of sp³-hybridized carbons (Fsp3) is 0.367. The van der Waals surface area contributed by atoms with Crippen molar-refractivity contribution in [2.75, 3.05) is 25.6 Å². The number of halogens is 2. The van der Waals surface area contributed by atoms with Gasteiger partial charge in [0.25, 0.3) is 0 Å². The molecule has 0 fully saturated rings. The molecular formula is C30H40ClFN8OS. The highest BCUT2D eigenvalue weighted by atomic mass is 35.5. The largest absolute Gasteiger partial charge is 0.370 e. The van der Waals surface area contributed by atoms with Gasteiger partial charge in [0.1, 0.15) is 5.65 Å². The molecule has 0 saturated heterocycles. The van der Waals surface area contributed by atoms with Gasteiger partial charge < -0.3 is 27.5 Å². The molecule has 0 aliphatic heterocycles. The Kier molecular flexibility index (Phi) is 12.9. The van der Waals surface area contributed by atoms with Gasteiger partial charge >= 0.3 is 5.69 Å². The zero-order valence-corrected chi connectivity index (χ0v) is 25.9. The van der Waals surface area contributed by atoms with Crippen LogP contribution in [0.15, 0.2) is 58.4 Å². The number of nitrogens with one attached hydrogen (secondary N) is 2. The monoisotopic (exact) mass is 614 g/mol. The molecule has 226 valence electrons. The summed E-state index contributed by atoms with van der Waals surface area (Å²) in [7, 11) is 0. The molecule has 12 heteroatoms. The summed E-state index contributed by atoms with van der Waals surface area (Å²) in [6, 6.07) is 12.9. The van der Waals surface area contributed by atoms with Crippen molar-refractivity contribution in [1.29, 1.82) is 0 Å². The van der Waals surface area contributed by atoms with Crippen molar-refractivity contribution < 1.29 is 4.39 Å². The number of hydrogen-bond acceptors (Lipinski definition) is 6. The van der Waals surface area contributed by atoms with Crippen LogP contribution in [0, 0.1) is 5.82 Å². The van der Waals surface area contributed by atoms with E-state index in [1.807, 2.05) is 43.7 Å². The van der Waals surface area contributed by atoms with E-state index in [4.69, 9.17) is 28.8 Å². The second-order valence-corrected chi connectivity index (χ2v) is 11.3. The van der Waals surface area contributed by atoms with E-state index in [2.05, 4.69) is 20.3 Å². The minimum absolute atomic E-state index is 0.0535. The fourth-order valence-electron chi connectivity index (χ4n) is 4.36. The zero-order valence-electron chi connectivity index (χ0n) is 24.3. The Hall–Kier alpha value is -3.38. The number of thioether (sulfide) groups is 1. The summed E-state index contributed by atoms with van der Waals surface area (Å²) >= 11 is 7.97. The molecule has 1 atom stereocenters. The average Bonchev–Trinajstić information content (AvgIpc) is 3.35. The van der Waals surface area contributed by atoms with Crippen LogP contribution in [0.3, 0.4) is 0 Å². The molecule has 4 aromatic rings. The first-order valence-electron chi connectivity index (χ1n) is 13.7. The molecule has 8 N–H and O–H groups in total. The van der Waals surface area contributed by atoms with Crippen LogP contribution in [0.4, 0.5) is 4.39 Å². The zero-order chi connectivity index (χ0) is 30.6. The fourth-order valence-corrected chi connectivity index (χ4v) is 4.60. The minimum atomic E-state index is -0.519. The number of benzene rings is 2. The second kappa shape index (κ2) is 16.3. The molecule has 0 amide bonds. The summed E-state index contributed by atoms with van der Waals surface area (Å²) in [5.41, 5.74) is 19.9. The molecule has 0 spiro atoms. The average molecular weight is 615 g/mol. The highest BCUT2D eigenvalue weighted by Crippen LogP contribution is 2.31. The lowest BCUT2D eigenvalue weighted by atomic mass is 10.0. The third kappa shape index (κ3) is 9.59. The van der Waals surface area contributed by atoms with E-state index < -0.39 is 11.5 Å². The van der Waals surface area contributed by atoms with E-state index in [0.29, 0.717) is 41.1 Å². The summed E-state index contributed by atoms with van der Waals surface area (Å²) in [5.74, 6) is -0.422.